The van der Waals surface area contributed by atoms with Crippen LogP contribution >= 0.6 is 0 Å². The van der Waals surface area contributed by atoms with E-state index in [0.717, 1.165) is 0 Å². The van der Waals surface area contributed by atoms with Crippen LogP contribution in [0.4, 0.5) is 0 Å². The molecule has 0 aliphatic carbocycles. The Hall–Kier alpha value is -2.09. The number of esters is 1. The van der Waals surface area contributed by atoms with Crippen LogP contribution in [-0.2, 0) is 14.3 Å². The SMILES string of the molecule is C=C(C#N)C(=O)OC(CC)=C(C)C(=O)O. The van der Waals surface area contributed by atoms with Crippen molar-refractivity contribution in [2.45, 2.75) is 20.3 Å². The minimum absolute atomic E-state index is 0.0314. The lowest BCUT2D eigenvalue weighted by molar-refractivity contribution is -0.135. The molecule has 15 heavy (non-hydrogen) atoms. The van der Waals surface area contributed by atoms with Crippen molar-refractivity contribution in [3.8, 4) is 6.07 Å². The van der Waals surface area contributed by atoms with Crippen LogP contribution in [0.2, 0.25) is 0 Å². The molecule has 0 aromatic rings. The van der Waals surface area contributed by atoms with Crippen molar-refractivity contribution in [1.29, 1.82) is 5.26 Å². The molecule has 0 heterocycles. The standard InChI is InChI=1S/C10H11NO4/c1-4-8(7(3)9(12)13)15-10(14)6(2)5-11/h2,4H2,1,3H3,(H,12,13). The van der Waals surface area contributed by atoms with Crippen LogP contribution in [0.3, 0.4) is 0 Å². The average Bonchev–Trinajstić information content (AvgIpc) is 2.22. The van der Waals surface area contributed by atoms with Crippen molar-refractivity contribution < 1.29 is 19.4 Å². The normalized spacial score (nSPS) is 11.0. The monoisotopic (exact) mass is 209 g/mol. The van der Waals surface area contributed by atoms with E-state index < -0.39 is 11.9 Å². The molecule has 1 N–H and O–H groups in total. The van der Waals surface area contributed by atoms with Gasteiger partial charge in [0.1, 0.15) is 17.4 Å². The number of allylic oxidation sites excluding steroid dienone is 1. The second-order valence-electron chi connectivity index (χ2n) is 2.69. The van der Waals surface area contributed by atoms with Crippen molar-refractivity contribution in [1.82, 2.24) is 0 Å². The second-order valence-corrected chi connectivity index (χ2v) is 2.69. The molecule has 0 aliphatic rings. The molecular weight excluding hydrogens is 198 g/mol. The highest BCUT2D eigenvalue weighted by molar-refractivity contribution is 5.93. The zero-order valence-electron chi connectivity index (χ0n) is 8.53. The molecule has 0 bridgehead atoms. The van der Waals surface area contributed by atoms with Crippen molar-refractivity contribution in [2.75, 3.05) is 0 Å². The van der Waals surface area contributed by atoms with Gasteiger partial charge in [0.05, 0.1) is 5.57 Å². The number of carboxylic acids is 1. The minimum Gasteiger partial charge on any atom is -0.478 e. The Balaban J connectivity index is 4.85. The van der Waals surface area contributed by atoms with Gasteiger partial charge in [0, 0.05) is 6.42 Å². The maximum atomic E-state index is 11.1. The van der Waals surface area contributed by atoms with Crippen LogP contribution in [0.1, 0.15) is 20.3 Å². The summed E-state index contributed by atoms with van der Waals surface area (Å²) in [6, 6.07) is 1.52. The van der Waals surface area contributed by atoms with E-state index in [1.54, 1.807) is 6.92 Å². The Morgan fingerprint density at radius 3 is 2.40 bits per heavy atom. The van der Waals surface area contributed by atoms with Crippen molar-refractivity contribution in [2.24, 2.45) is 0 Å². The van der Waals surface area contributed by atoms with E-state index >= 15 is 0 Å². The summed E-state index contributed by atoms with van der Waals surface area (Å²) in [7, 11) is 0. The lowest BCUT2D eigenvalue weighted by atomic mass is 10.2. The van der Waals surface area contributed by atoms with Gasteiger partial charge in [0.2, 0.25) is 0 Å². The number of carbonyl (C=O) groups is 2. The number of hydrogen-bond donors (Lipinski definition) is 1. The summed E-state index contributed by atoms with van der Waals surface area (Å²) >= 11 is 0. The first-order chi connectivity index (χ1) is 6.93. The van der Waals surface area contributed by atoms with Gasteiger partial charge in [-0.05, 0) is 6.92 Å². The smallest absolute Gasteiger partial charge is 0.353 e. The van der Waals surface area contributed by atoms with E-state index in [4.69, 9.17) is 15.1 Å². The van der Waals surface area contributed by atoms with E-state index in [1.165, 1.54) is 13.0 Å². The van der Waals surface area contributed by atoms with Gasteiger partial charge in [0.25, 0.3) is 0 Å². The fourth-order valence-corrected chi connectivity index (χ4v) is 0.752. The number of carboxylic acid groups (broad SMARTS) is 1. The molecule has 0 aliphatic heterocycles. The average molecular weight is 209 g/mol. The number of rotatable bonds is 4. The Bertz CT molecular complexity index is 373. The minimum atomic E-state index is -1.16. The summed E-state index contributed by atoms with van der Waals surface area (Å²) < 4.78 is 4.71. The number of hydrogen-bond acceptors (Lipinski definition) is 4. The highest BCUT2D eigenvalue weighted by Crippen LogP contribution is 2.12. The predicted octanol–water partition coefficient (Wildman–Crippen LogP) is 1.38. The molecule has 0 saturated heterocycles. The second kappa shape index (κ2) is 5.60. The van der Waals surface area contributed by atoms with Crippen molar-refractivity contribution in [3.63, 3.8) is 0 Å². The van der Waals surface area contributed by atoms with Gasteiger partial charge in [-0.3, -0.25) is 0 Å². The molecule has 0 spiro atoms. The molecule has 0 amide bonds. The van der Waals surface area contributed by atoms with E-state index in [-0.39, 0.29) is 23.3 Å². The number of nitriles is 1. The molecular formula is C10H11NO4. The molecule has 0 aromatic carbocycles. The first kappa shape index (κ1) is 12.9. The largest absolute Gasteiger partial charge is 0.478 e. The third-order valence-corrected chi connectivity index (χ3v) is 1.66. The number of nitrogens with zero attached hydrogens (tertiary/aromatic N) is 1. The van der Waals surface area contributed by atoms with Gasteiger partial charge in [-0.25, -0.2) is 9.59 Å². The van der Waals surface area contributed by atoms with Gasteiger partial charge in [0.15, 0.2) is 0 Å². The summed E-state index contributed by atoms with van der Waals surface area (Å²) in [5, 5.41) is 17.0. The fraction of sp³-hybridized carbons (Fsp3) is 0.300. The van der Waals surface area contributed by atoms with E-state index in [0.29, 0.717) is 0 Å². The molecule has 0 rings (SSSR count). The molecule has 0 fully saturated rings. The molecule has 5 nitrogen and oxygen atoms in total. The predicted molar refractivity (Wildman–Crippen MR) is 51.5 cm³/mol. The number of carbonyl (C=O) groups excluding carboxylic acids is 1. The molecule has 0 saturated carbocycles. The van der Waals surface area contributed by atoms with Gasteiger partial charge in [-0.1, -0.05) is 13.5 Å². The van der Waals surface area contributed by atoms with Gasteiger partial charge < -0.3 is 9.84 Å². The Kier molecular flexibility index (Phi) is 4.82. The van der Waals surface area contributed by atoms with Crippen LogP contribution in [-0.4, -0.2) is 17.0 Å². The summed E-state index contributed by atoms with van der Waals surface area (Å²) in [6.07, 6.45) is 0.253. The van der Waals surface area contributed by atoms with E-state index in [9.17, 15) is 9.59 Å². The van der Waals surface area contributed by atoms with E-state index in [2.05, 4.69) is 6.58 Å². The Morgan fingerprint density at radius 2 is 2.07 bits per heavy atom. The lowest BCUT2D eigenvalue weighted by Crippen LogP contribution is -2.10. The topological polar surface area (TPSA) is 87.4 Å². The highest BCUT2D eigenvalue weighted by atomic mass is 16.5. The first-order valence-corrected chi connectivity index (χ1v) is 4.18. The van der Waals surface area contributed by atoms with Crippen molar-refractivity contribution in [3.05, 3.63) is 23.5 Å². The third-order valence-electron chi connectivity index (χ3n) is 1.66. The Labute approximate surface area is 87.3 Å². The first-order valence-electron chi connectivity index (χ1n) is 4.18. The van der Waals surface area contributed by atoms with Gasteiger partial charge in [-0.15, -0.1) is 0 Å². The molecule has 0 aromatic heterocycles. The zero-order chi connectivity index (χ0) is 12.0. The van der Waals surface area contributed by atoms with Crippen LogP contribution in [0.25, 0.3) is 0 Å². The van der Waals surface area contributed by atoms with E-state index in [1.807, 2.05) is 0 Å². The molecule has 0 radical (unpaired) electrons. The zero-order valence-corrected chi connectivity index (χ0v) is 8.53. The summed E-state index contributed by atoms with van der Waals surface area (Å²) in [6.45, 7) is 6.13. The maximum Gasteiger partial charge on any atom is 0.353 e. The van der Waals surface area contributed by atoms with Crippen molar-refractivity contribution >= 4 is 11.9 Å². The van der Waals surface area contributed by atoms with Crippen LogP contribution in [0.15, 0.2) is 23.5 Å². The molecule has 80 valence electrons. The summed E-state index contributed by atoms with van der Waals surface area (Å²) in [5.41, 5.74) is -0.421. The van der Waals surface area contributed by atoms with Gasteiger partial charge in [-0.2, -0.15) is 5.26 Å². The summed E-state index contributed by atoms with van der Waals surface area (Å²) in [4.78, 5) is 21.7. The molecule has 0 unspecified atom stereocenters. The number of ether oxygens (including phenoxy) is 1. The van der Waals surface area contributed by atoms with Crippen LogP contribution < -0.4 is 0 Å². The Morgan fingerprint density at radius 1 is 1.53 bits per heavy atom. The van der Waals surface area contributed by atoms with Crippen LogP contribution in [0, 0.1) is 11.3 Å². The fourth-order valence-electron chi connectivity index (χ4n) is 0.752. The highest BCUT2D eigenvalue weighted by Gasteiger charge is 2.15. The molecule has 0 atom stereocenters. The molecule has 5 heteroatoms. The lowest BCUT2D eigenvalue weighted by Gasteiger charge is -2.07. The maximum absolute atomic E-state index is 11.1. The van der Waals surface area contributed by atoms with Gasteiger partial charge >= 0.3 is 11.9 Å². The van der Waals surface area contributed by atoms with Crippen LogP contribution in [0.5, 0.6) is 0 Å². The third kappa shape index (κ3) is 3.65. The quantitative estimate of drug-likeness (QED) is 0.327. The number of aliphatic carboxylic acids is 1. The summed E-state index contributed by atoms with van der Waals surface area (Å²) in [5.74, 6) is -2.05.